The molecule has 1 saturated heterocycles. The number of aryl methyl sites for hydroxylation is 1. The Labute approximate surface area is 134 Å². The summed E-state index contributed by atoms with van der Waals surface area (Å²) in [5, 5.41) is 3.64. The van der Waals surface area contributed by atoms with E-state index in [4.69, 9.17) is 4.74 Å². The molecule has 0 unspecified atom stereocenters. The third-order valence-corrected chi connectivity index (χ3v) is 4.91. The fraction of sp³-hybridized carbons (Fsp3) is 0.412. The topological polar surface area (TPSA) is 51.2 Å². The molecule has 2 heterocycles. The van der Waals surface area contributed by atoms with E-state index in [0.717, 1.165) is 24.1 Å². The third-order valence-electron chi connectivity index (χ3n) is 4.00. The van der Waals surface area contributed by atoms with Gasteiger partial charge in [-0.3, -0.25) is 4.79 Å². The molecule has 0 bridgehead atoms. The number of nitrogens with one attached hydrogen (secondary N) is 1. The van der Waals surface area contributed by atoms with Crippen LogP contribution in [0.15, 0.2) is 30.5 Å². The van der Waals surface area contributed by atoms with Crippen LogP contribution < -0.4 is 5.32 Å². The third kappa shape index (κ3) is 3.72. The highest BCUT2D eigenvalue weighted by Gasteiger charge is 2.22. The maximum absolute atomic E-state index is 12.2. The predicted octanol–water partition coefficient (Wildman–Crippen LogP) is 3.41. The number of amides is 1. The van der Waals surface area contributed by atoms with E-state index in [-0.39, 0.29) is 11.8 Å². The Morgan fingerprint density at radius 3 is 2.91 bits per heavy atom. The van der Waals surface area contributed by atoms with Gasteiger partial charge in [-0.05, 0) is 30.9 Å². The van der Waals surface area contributed by atoms with Gasteiger partial charge in [0, 0.05) is 36.6 Å². The van der Waals surface area contributed by atoms with Crippen molar-refractivity contribution in [2.24, 2.45) is 5.92 Å². The Kier molecular flexibility index (Phi) is 4.85. The van der Waals surface area contributed by atoms with Crippen molar-refractivity contribution in [3.8, 4) is 0 Å². The van der Waals surface area contributed by atoms with E-state index >= 15 is 0 Å². The largest absolute Gasteiger partial charge is 0.381 e. The maximum atomic E-state index is 12.2. The van der Waals surface area contributed by atoms with Crippen molar-refractivity contribution in [3.05, 3.63) is 46.5 Å². The van der Waals surface area contributed by atoms with Crippen LogP contribution in [-0.4, -0.2) is 24.1 Å². The summed E-state index contributed by atoms with van der Waals surface area (Å²) in [5.41, 5.74) is 2.58. The average Bonchev–Trinajstić information content (AvgIpc) is 2.97. The van der Waals surface area contributed by atoms with Crippen LogP contribution in [0.5, 0.6) is 0 Å². The van der Waals surface area contributed by atoms with Crippen molar-refractivity contribution >= 4 is 22.4 Å². The zero-order chi connectivity index (χ0) is 15.4. The summed E-state index contributed by atoms with van der Waals surface area (Å²) in [6.45, 7) is 3.47. The van der Waals surface area contributed by atoms with Crippen LogP contribution in [0, 0.1) is 12.8 Å². The molecule has 116 valence electrons. The molecule has 1 aliphatic rings. The highest BCUT2D eigenvalue weighted by molar-refractivity contribution is 7.15. The monoisotopic (exact) mass is 316 g/mol. The summed E-state index contributed by atoms with van der Waals surface area (Å²) in [7, 11) is 0. The number of ether oxygens (including phenoxy) is 1. The van der Waals surface area contributed by atoms with Gasteiger partial charge < -0.3 is 10.1 Å². The van der Waals surface area contributed by atoms with E-state index < -0.39 is 0 Å². The Hall–Kier alpha value is -1.72. The van der Waals surface area contributed by atoms with E-state index in [1.807, 2.05) is 12.3 Å². The Morgan fingerprint density at radius 2 is 2.14 bits per heavy atom. The summed E-state index contributed by atoms with van der Waals surface area (Å²) in [6, 6.07) is 8.35. The Morgan fingerprint density at radius 1 is 1.36 bits per heavy atom. The first-order chi connectivity index (χ1) is 10.7. The van der Waals surface area contributed by atoms with Crippen LogP contribution in [-0.2, 0) is 16.0 Å². The van der Waals surface area contributed by atoms with Crippen molar-refractivity contribution in [1.29, 1.82) is 0 Å². The van der Waals surface area contributed by atoms with Gasteiger partial charge >= 0.3 is 0 Å². The van der Waals surface area contributed by atoms with Crippen LogP contribution in [0.3, 0.4) is 0 Å². The molecule has 2 aromatic rings. The molecule has 0 radical (unpaired) electrons. The Balaban J connectivity index is 1.61. The molecule has 0 atom stereocenters. The number of carbonyl (C=O) groups is 1. The number of aromatic nitrogens is 1. The summed E-state index contributed by atoms with van der Waals surface area (Å²) < 4.78 is 5.29. The number of carbonyl (C=O) groups excluding carboxylic acids is 1. The minimum Gasteiger partial charge on any atom is -0.381 e. The first-order valence-corrected chi connectivity index (χ1v) is 8.42. The summed E-state index contributed by atoms with van der Waals surface area (Å²) in [6.07, 6.45) is 4.31. The van der Waals surface area contributed by atoms with Gasteiger partial charge in [-0.25, -0.2) is 4.98 Å². The summed E-state index contributed by atoms with van der Waals surface area (Å²) in [4.78, 5) is 17.7. The molecule has 1 aliphatic heterocycles. The molecule has 5 heteroatoms. The fourth-order valence-corrected chi connectivity index (χ4v) is 3.45. The second kappa shape index (κ2) is 7.03. The predicted molar refractivity (Wildman–Crippen MR) is 88.3 cm³/mol. The molecule has 1 fully saturated rings. The zero-order valence-corrected chi connectivity index (χ0v) is 13.5. The lowest BCUT2D eigenvalue weighted by Crippen LogP contribution is -2.28. The quantitative estimate of drug-likeness (QED) is 0.940. The first kappa shape index (κ1) is 15.2. The van der Waals surface area contributed by atoms with Gasteiger partial charge in [0.1, 0.15) is 0 Å². The van der Waals surface area contributed by atoms with Crippen molar-refractivity contribution in [3.63, 3.8) is 0 Å². The van der Waals surface area contributed by atoms with E-state index in [1.54, 1.807) is 11.3 Å². The van der Waals surface area contributed by atoms with Gasteiger partial charge in [-0.2, -0.15) is 0 Å². The second-order valence-electron chi connectivity index (χ2n) is 5.61. The lowest BCUT2D eigenvalue weighted by molar-refractivity contribution is -0.122. The van der Waals surface area contributed by atoms with Crippen LogP contribution in [0.2, 0.25) is 0 Å². The van der Waals surface area contributed by atoms with Crippen molar-refractivity contribution in [1.82, 2.24) is 4.98 Å². The van der Waals surface area contributed by atoms with Crippen molar-refractivity contribution in [2.45, 2.75) is 26.2 Å². The van der Waals surface area contributed by atoms with Gasteiger partial charge in [0.15, 0.2) is 5.13 Å². The van der Waals surface area contributed by atoms with Crippen LogP contribution in [0.25, 0.3) is 0 Å². The number of anilines is 1. The molecule has 0 aliphatic carbocycles. The van der Waals surface area contributed by atoms with Gasteiger partial charge in [0.2, 0.25) is 5.91 Å². The number of thiazole rings is 1. The molecule has 22 heavy (non-hydrogen) atoms. The molecule has 1 aromatic heterocycles. The summed E-state index contributed by atoms with van der Waals surface area (Å²) >= 11 is 1.55. The molecular formula is C17H20N2O2S. The maximum Gasteiger partial charge on any atom is 0.229 e. The highest BCUT2D eigenvalue weighted by atomic mass is 32.1. The minimum absolute atomic E-state index is 0.0532. The molecule has 0 spiro atoms. The second-order valence-corrected chi connectivity index (χ2v) is 6.73. The van der Waals surface area contributed by atoms with Gasteiger partial charge in [-0.1, -0.05) is 24.3 Å². The lowest BCUT2D eigenvalue weighted by atomic mass is 10.00. The van der Waals surface area contributed by atoms with E-state index in [0.29, 0.717) is 18.3 Å². The van der Waals surface area contributed by atoms with Crippen LogP contribution >= 0.6 is 11.3 Å². The number of hydrogen-bond acceptors (Lipinski definition) is 4. The lowest BCUT2D eigenvalue weighted by Gasteiger charge is -2.20. The Bertz CT molecular complexity index is 648. The van der Waals surface area contributed by atoms with E-state index in [9.17, 15) is 4.79 Å². The zero-order valence-electron chi connectivity index (χ0n) is 12.7. The first-order valence-electron chi connectivity index (χ1n) is 7.60. The smallest absolute Gasteiger partial charge is 0.229 e. The van der Waals surface area contributed by atoms with Gasteiger partial charge in [-0.15, -0.1) is 11.3 Å². The van der Waals surface area contributed by atoms with Crippen molar-refractivity contribution in [2.75, 3.05) is 18.5 Å². The van der Waals surface area contributed by atoms with E-state index in [2.05, 4.69) is 35.4 Å². The summed E-state index contributed by atoms with van der Waals surface area (Å²) in [5.74, 6) is 0.123. The molecule has 1 amide bonds. The average molecular weight is 316 g/mol. The highest BCUT2D eigenvalue weighted by Crippen LogP contribution is 2.24. The molecular weight excluding hydrogens is 296 g/mol. The number of nitrogens with zero attached hydrogens (tertiary/aromatic N) is 1. The minimum atomic E-state index is 0.0532. The number of benzene rings is 1. The molecule has 3 rings (SSSR count). The number of rotatable bonds is 4. The normalized spacial score (nSPS) is 15.7. The van der Waals surface area contributed by atoms with Crippen molar-refractivity contribution < 1.29 is 9.53 Å². The fourth-order valence-electron chi connectivity index (χ4n) is 2.61. The van der Waals surface area contributed by atoms with E-state index in [1.165, 1.54) is 11.1 Å². The van der Waals surface area contributed by atoms with Crippen LogP contribution in [0.4, 0.5) is 5.13 Å². The molecule has 0 saturated carbocycles. The molecule has 4 nitrogen and oxygen atoms in total. The standard InChI is InChI=1S/C17H20N2O2S/c1-12-4-2-3-5-14(12)10-15-11-18-17(22-15)19-16(20)13-6-8-21-9-7-13/h2-5,11,13H,6-10H2,1H3,(H,18,19,20). The SMILES string of the molecule is Cc1ccccc1Cc1cnc(NC(=O)C2CCOCC2)s1. The molecule has 1 N–H and O–H groups in total. The number of hydrogen-bond donors (Lipinski definition) is 1. The molecule has 1 aromatic carbocycles. The van der Waals surface area contributed by atoms with Gasteiger partial charge in [0.05, 0.1) is 0 Å². The van der Waals surface area contributed by atoms with Gasteiger partial charge in [0.25, 0.3) is 0 Å². The van der Waals surface area contributed by atoms with Crippen LogP contribution in [0.1, 0.15) is 28.8 Å².